The number of rotatable bonds is 4. The van der Waals surface area contributed by atoms with Crippen molar-refractivity contribution < 1.29 is 4.74 Å². The second-order valence-corrected chi connectivity index (χ2v) is 7.73. The Bertz CT molecular complexity index is 479. The molecule has 0 radical (unpaired) electrons. The highest BCUT2D eigenvalue weighted by molar-refractivity contribution is 7.10. The largest absolute Gasteiger partial charge is 0.378 e. The van der Waals surface area contributed by atoms with Crippen molar-refractivity contribution in [3.63, 3.8) is 0 Å². The first-order valence-corrected chi connectivity index (χ1v) is 9.15. The molecule has 0 aromatic carbocycles. The lowest BCUT2D eigenvalue weighted by Crippen LogP contribution is -2.67. The van der Waals surface area contributed by atoms with Crippen molar-refractivity contribution in [1.82, 2.24) is 5.32 Å². The summed E-state index contributed by atoms with van der Waals surface area (Å²) in [6, 6.07) is 3.65. The summed E-state index contributed by atoms with van der Waals surface area (Å²) >= 11 is 1.95. The van der Waals surface area contributed by atoms with Crippen LogP contribution in [-0.2, 0) is 11.2 Å². The van der Waals surface area contributed by atoms with Crippen LogP contribution in [0.5, 0.6) is 0 Å². The lowest BCUT2D eigenvalue weighted by molar-refractivity contribution is -0.175. The first-order valence-electron chi connectivity index (χ1n) is 8.27. The Kier molecular flexibility index (Phi) is 3.40. The van der Waals surface area contributed by atoms with Crippen LogP contribution in [0.4, 0.5) is 0 Å². The first-order chi connectivity index (χ1) is 9.83. The Labute approximate surface area is 125 Å². The Morgan fingerprint density at radius 3 is 3.05 bits per heavy atom. The highest BCUT2D eigenvalue weighted by Gasteiger charge is 2.59. The minimum atomic E-state index is 0.490. The van der Waals surface area contributed by atoms with E-state index in [4.69, 9.17) is 4.74 Å². The van der Waals surface area contributed by atoms with Crippen molar-refractivity contribution in [3.8, 4) is 0 Å². The Morgan fingerprint density at radius 1 is 1.40 bits per heavy atom. The minimum absolute atomic E-state index is 0.490. The zero-order chi connectivity index (χ0) is 13.6. The Morgan fingerprint density at radius 2 is 2.30 bits per heavy atom. The van der Waals surface area contributed by atoms with Gasteiger partial charge in [0.25, 0.3) is 0 Å². The van der Waals surface area contributed by atoms with Gasteiger partial charge in [0.05, 0.1) is 6.10 Å². The van der Waals surface area contributed by atoms with E-state index in [0.29, 0.717) is 23.6 Å². The molecule has 0 amide bonds. The summed E-state index contributed by atoms with van der Waals surface area (Å²) in [7, 11) is 0. The number of ether oxygens (including phenoxy) is 1. The molecule has 1 aromatic rings. The van der Waals surface area contributed by atoms with Crippen molar-refractivity contribution in [3.05, 3.63) is 21.9 Å². The van der Waals surface area contributed by atoms with Crippen LogP contribution >= 0.6 is 11.3 Å². The average Bonchev–Trinajstić information content (AvgIpc) is 2.84. The van der Waals surface area contributed by atoms with E-state index in [1.54, 1.807) is 10.4 Å². The maximum absolute atomic E-state index is 5.97. The molecule has 2 saturated carbocycles. The van der Waals surface area contributed by atoms with Gasteiger partial charge < -0.3 is 10.1 Å². The molecule has 3 aliphatic carbocycles. The van der Waals surface area contributed by atoms with Crippen LogP contribution in [0.2, 0.25) is 0 Å². The summed E-state index contributed by atoms with van der Waals surface area (Å²) in [5, 5.41) is 6.28. The van der Waals surface area contributed by atoms with Gasteiger partial charge in [-0.2, -0.15) is 0 Å². The third-order valence-corrected chi connectivity index (χ3v) is 6.89. The van der Waals surface area contributed by atoms with Gasteiger partial charge in [-0.05, 0) is 62.5 Å². The molecule has 3 unspecified atom stereocenters. The molecule has 20 heavy (non-hydrogen) atoms. The third-order valence-electron chi connectivity index (χ3n) is 5.89. The average molecular weight is 291 g/mol. The molecule has 0 saturated heterocycles. The van der Waals surface area contributed by atoms with E-state index in [1.165, 1.54) is 44.9 Å². The molecule has 0 bridgehead atoms. The van der Waals surface area contributed by atoms with E-state index in [0.717, 1.165) is 6.61 Å². The molecule has 1 aromatic heterocycles. The molecule has 110 valence electrons. The van der Waals surface area contributed by atoms with E-state index in [1.807, 2.05) is 11.3 Å². The molecule has 3 aliphatic rings. The standard InChI is InChI=1S/C17H25NOS/c1-2-19-16-11-15(17(16)8-4-9-17)18-13-5-3-6-14-12(13)7-10-20-14/h7,10,13,15-16,18H,2-6,8-9,11H2,1H3. The topological polar surface area (TPSA) is 21.3 Å². The fourth-order valence-corrected chi connectivity index (χ4v) is 5.56. The van der Waals surface area contributed by atoms with Crippen LogP contribution in [-0.4, -0.2) is 18.8 Å². The third kappa shape index (κ3) is 1.90. The zero-order valence-corrected chi connectivity index (χ0v) is 13.2. The molecule has 2 fully saturated rings. The number of hydrogen-bond acceptors (Lipinski definition) is 3. The fraction of sp³-hybridized carbons (Fsp3) is 0.765. The zero-order valence-electron chi connectivity index (χ0n) is 12.4. The van der Waals surface area contributed by atoms with E-state index in [9.17, 15) is 0 Å². The maximum Gasteiger partial charge on any atom is 0.0661 e. The summed E-state index contributed by atoms with van der Waals surface area (Å²) in [6.07, 6.45) is 9.86. The van der Waals surface area contributed by atoms with Gasteiger partial charge in [-0.15, -0.1) is 11.3 Å². The van der Waals surface area contributed by atoms with Crippen LogP contribution in [0, 0.1) is 5.41 Å². The molecule has 3 atom stereocenters. The first kappa shape index (κ1) is 13.3. The van der Waals surface area contributed by atoms with Gasteiger partial charge >= 0.3 is 0 Å². The summed E-state index contributed by atoms with van der Waals surface area (Å²) in [5.41, 5.74) is 2.08. The Balaban J connectivity index is 1.46. The van der Waals surface area contributed by atoms with Crippen LogP contribution in [0.1, 0.15) is 61.9 Å². The smallest absolute Gasteiger partial charge is 0.0661 e. The molecule has 3 heteroatoms. The van der Waals surface area contributed by atoms with E-state index >= 15 is 0 Å². The second kappa shape index (κ2) is 5.11. The van der Waals surface area contributed by atoms with Crippen LogP contribution in [0.25, 0.3) is 0 Å². The predicted octanol–water partition coefficient (Wildman–Crippen LogP) is 4.06. The van der Waals surface area contributed by atoms with Gasteiger partial charge in [-0.3, -0.25) is 0 Å². The van der Waals surface area contributed by atoms with Gasteiger partial charge in [-0.25, -0.2) is 0 Å². The van der Waals surface area contributed by atoms with E-state index in [-0.39, 0.29) is 0 Å². The van der Waals surface area contributed by atoms with Gasteiger partial charge in [0.1, 0.15) is 0 Å². The maximum atomic E-state index is 5.97. The van der Waals surface area contributed by atoms with Crippen molar-refractivity contribution in [2.45, 2.75) is 70.1 Å². The Hall–Kier alpha value is -0.380. The van der Waals surface area contributed by atoms with Crippen molar-refractivity contribution in [1.29, 1.82) is 0 Å². The quantitative estimate of drug-likeness (QED) is 0.903. The molecule has 4 rings (SSSR count). The normalized spacial score (nSPS) is 34.4. The van der Waals surface area contributed by atoms with E-state index < -0.39 is 0 Å². The number of nitrogens with one attached hydrogen (secondary N) is 1. The number of hydrogen-bond donors (Lipinski definition) is 1. The lowest BCUT2D eigenvalue weighted by atomic mass is 9.50. The van der Waals surface area contributed by atoms with E-state index in [2.05, 4.69) is 23.7 Å². The van der Waals surface area contributed by atoms with Gasteiger partial charge in [0.15, 0.2) is 0 Å². The molecule has 1 spiro atoms. The molecule has 0 aliphatic heterocycles. The van der Waals surface area contributed by atoms with Gasteiger partial charge in [-0.1, -0.05) is 6.42 Å². The number of thiophene rings is 1. The highest BCUT2D eigenvalue weighted by Crippen LogP contribution is 2.58. The van der Waals surface area contributed by atoms with Crippen LogP contribution in [0.15, 0.2) is 11.4 Å². The summed E-state index contributed by atoms with van der Waals surface area (Å²) in [4.78, 5) is 1.62. The number of aryl methyl sites for hydroxylation is 1. The van der Waals surface area contributed by atoms with Crippen molar-refractivity contribution >= 4 is 11.3 Å². The monoisotopic (exact) mass is 291 g/mol. The molecule has 2 nitrogen and oxygen atoms in total. The SMILES string of the molecule is CCOC1CC(NC2CCCc3sccc32)C12CCC2. The van der Waals surface area contributed by atoms with Crippen LogP contribution in [0.3, 0.4) is 0 Å². The summed E-state index contributed by atoms with van der Waals surface area (Å²) in [5.74, 6) is 0. The minimum Gasteiger partial charge on any atom is -0.378 e. The highest BCUT2D eigenvalue weighted by atomic mass is 32.1. The van der Waals surface area contributed by atoms with Crippen LogP contribution < -0.4 is 5.32 Å². The number of fused-ring (bicyclic) bond motifs is 1. The fourth-order valence-electron chi connectivity index (χ4n) is 4.57. The summed E-state index contributed by atoms with van der Waals surface area (Å²) < 4.78 is 5.97. The predicted molar refractivity (Wildman–Crippen MR) is 83.2 cm³/mol. The molecule has 1 N–H and O–H groups in total. The van der Waals surface area contributed by atoms with Gasteiger partial charge in [0, 0.05) is 29.0 Å². The van der Waals surface area contributed by atoms with Crippen molar-refractivity contribution in [2.24, 2.45) is 5.41 Å². The lowest BCUT2D eigenvalue weighted by Gasteiger charge is -2.62. The molecular weight excluding hydrogens is 266 g/mol. The molecule has 1 heterocycles. The van der Waals surface area contributed by atoms with Gasteiger partial charge in [0.2, 0.25) is 0 Å². The van der Waals surface area contributed by atoms with Crippen molar-refractivity contribution in [2.75, 3.05) is 6.61 Å². The summed E-state index contributed by atoms with van der Waals surface area (Å²) in [6.45, 7) is 3.00. The second-order valence-electron chi connectivity index (χ2n) is 6.73. The molecular formula is C17H25NOS.